The number of hydrogen-bond acceptors (Lipinski definition) is 7. The van der Waals surface area contributed by atoms with Crippen molar-refractivity contribution in [2.45, 2.75) is 39.5 Å². The molecule has 1 aliphatic heterocycles. The third kappa shape index (κ3) is 4.28. The molecule has 1 saturated heterocycles. The quantitative estimate of drug-likeness (QED) is 0.897. The summed E-state index contributed by atoms with van der Waals surface area (Å²) in [4.78, 5) is 21.0. The van der Waals surface area contributed by atoms with Crippen molar-refractivity contribution in [3.05, 3.63) is 17.7 Å². The molecule has 1 aliphatic rings. The molecule has 0 unspecified atom stereocenters. The van der Waals surface area contributed by atoms with E-state index in [1.54, 1.807) is 6.07 Å². The second-order valence-electron chi connectivity index (χ2n) is 6.37. The molecule has 136 valence electrons. The van der Waals surface area contributed by atoms with Gasteiger partial charge in [0.15, 0.2) is 5.82 Å². The van der Waals surface area contributed by atoms with Gasteiger partial charge in [0.1, 0.15) is 11.6 Å². The first kappa shape index (κ1) is 17.7. The molecule has 2 aromatic rings. The van der Waals surface area contributed by atoms with Crippen LogP contribution in [-0.2, 0) is 6.42 Å². The Morgan fingerprint density at radius 1 is 1.36 bits per heavy atom. The van der Waals surface area contributed by atoms with E-state index < -0.39 is 0 Å². The number of hydrogen-bond donors (Lipinski definition) is 1. The number of carbonyl (C=O) groups is 1. The first-order valence-electron chi connectivity index (χ1n) is 8.67. The minimum Gasteiger partial charge on any atom is -0.359 e. The minimum absolute atomic E-state index is 0.142. The van der Waals surface area contributed by atoms with E-state index in [1.807, 2.05) is 18.7 Å². The van der Waals surface area contributed by atoms with Gasteiger partial charge in [-0.2, -0.15) is 4.37 Å². The van der Waals surface area contributed by atoms with E-state index in [4.69, 9.17) is 4.52 Å². The highest BCUT2D eigenvalue weighted by molar-refractivity contribution is 7.09. The van der Waals surface area contributed by atoms with Crippen molar-refractivity contribution >= 4 is 28.5 Å². The number of amides is 2. The van der Waals surface area contributed by atoms with Crippen LogP contribution < -0.4 is 10.2 Å². The lowest BCUT2D eigenvalue weighted by Gasteiger charge is -2.21. The molecule has 3 rings (SSSR count). The van der Waals surface area contributed by atoms with E-state index in [9.17, 15) is 4.79 Å². The summed E-state index contributed by atoms with van der Waals surface area (Å²) >= 11 is 1.43. The fourth-order valence-electron chi connectivity index (χ4n) is 2.64. The van der Waals surface area contributed by atoms with Crippen LogP contribution in [0, 0.1) is 0 Å². The van der Waals surface area contributed by atoms with Gasteiger partial charge in [-0.05, 0) is 6.42 Å². The lowest BCUT2D eigenvalue weighted by atomic mass is 10.2. The molecule has 1 N–H and O–H groups in total. The highest BCUT2D eigenvalue weighted by Crippen LogP contribution is 2.20. The average molecular weight is 364 g/mol. The van der Waals surface area contributed by atoms with E-state index in [0.717, 1.165) is 42.6 Å². The van der Waals surface area contributed by atoms with Crippen LogP contribution in [0.15, 0.2) is 10.6 Å². The first-order chi connectivity index (χ1) is 12.1. The monoisotopic (exact) mass is 364 g/mol. The molecule has 3 heterocycles. The number of carbonyl (C=O) groups excluding carboxylic acids is 1. The number of urea groups is 1. The SMILES string of the molecule is CCc1nsc(N2CCCN(C(=O)Nc3cc(C(C)C)on3)CC2)n1. The van der Waals surface area contributed by atoms with Crippen LogP contribution in [0.3, 0.4) is 0 Å². The molecule has 2 amide bonds. The van der Waals surface area contributed by atoms with Crippen LogP contribution >= 0.6 is 11.5 Å². The number of aromatic nitrogens is 3. The van der Waals surface area contributed by atoms with Crippen LogP contribution in [0.1, 0.15) is 44.7 Å². The first-order valence-corrected chi connectivity index (χ1v) is 9.44. The van der Waals surface area contributed by atoms with E-state index in [1.165, 1.54) is 11.5 Å². The second kappa shape index (κ2) is 7.81. The molecule has 9 heteroatoms. The number of nitrogens with zero attached hydrogens (tertiary/aromatic N) is 5. The van der Waals surface area contributed by atoms with Crippen LogP contribution in [-0.4, -0.2) is 51.6 Å². The molecule has 0 bridgehead atoms. The van der Waals surface area contributed by atoms with Gasteiger partial charge < -0.3 is 14.3 Å². The largest absolute Gasteiger partial charge is 0.359 e. The predicted molar refractivity (Wildman–Crippen MR) is 97.3 cm³/mol. The summed E-state index contributed by atoms with van der Waals surface area (Å²) in [6.45, 7) is 9.07. The van der Waals surface area contributed by atoms with Crippen LogP contribution in [0.2, 0.25) is 0 Å². The van der Waals surface area contributed by atoms with Crippen LogP contribution in [0.4, 0.5) is 15.7 Å². The summed E-state index contributed by atoms with van der Waals surface area (Å²) in [5.41, 5.74) is 0. The van der Waals surface area contributed by atoms with E-state index in [-0.39, 0.29) is 11.9 Å². The Balaban J connectivity index is 1.57. The van der Waals surface area contributed by atoms with Gasteiger partial charge in [-0.15, -0.1) is 0 Å². The standard InChI is InChI=1S/C16H24N6O2S/c1-4-13-18-16(25-20-13)22-7-5-6-21(8-9-22)15(23)17-14-10-12(11(2)3)24-19-14/h10-11H,4-9H2,1-3H3,(H,17,19,23). The van der Waals surface area contributed by atoms with Crippen molar-refractivity contribution in [3.8, 4) is 0 Å². The van der Waals surface area contributed by atoms with Gasteiger partial charge in [0.25, 0.3) is 0 Å². The van der Waals surface area contributed by atoms with E-state index in [0.29, 0.717) is 18.9 Å². The molecule has 0 aromatic carbocycles. The molecule has 0 atom stereocenters. The number of nitrogens with one attached hydrogen (secondary N) is 1. The van der Waals surface area contributed by atoms with Crippen molar-refractivity contribution in [2.75, 3.05) is 36.4 Å². The van der Waals surface area contributed by atoms with Gasteiger partial charge >= 0.3 is 6.03 Å². The van der Waals surface area contributed by atoms with Crippen molar-refractivity contribution in [2.24, 2.45) is 0 Å². The Labute approximate surface area is 151 Å². The molecule has 0 saturated carbocycles. The lowest BCUT2D eigenvalue weighted by Crippen LogP contribution is -2.38. The van der Waals surface area contributed by atoms with Crippen LogP contribution in [0.5, 0.6) is 0 Å². The zero-order valence-electron chi connectivity index (χ0n) is 14.9. The van der Waals surface area contributed by atoms with Gasteiger partial charge in [0.2, 0.25) is 5.13 Å². The zero-order chi connectivity index (χ0) is 17.8. The second-order valence-corrected chi connectivity index (χ2v) is 7.10. The van der Waals surface area contributed by atoms with Gasteiger partial charge in [-0.3, -0.25) is 5.32 Å². The summed E-state index contributed by atoms with van der Waals surface area (Å²) < 4.78 is 9.57. The highest BCUT2D eigenvalue weighted by atomic mass is 32.1. The molecule has 0 radical (unpaired) electrons. The Kier molecular flexibility index (Phi) is 5.52. The smallest absolute Gasteiger partial charge is 0.323 e. The average Bonchev–Trinajstić information content (AvgIpc) is 3.19. The third-order valence-electron chi connectivity index (χ3n) is 4.16. The summed E-state index contributed by atoms with van der Waals surface area (Å²) in [6.07, 6.45) is 1.74. The van der Waals surface area contributed by atoms with Crippen LogP contribution in [0.25, 0.3) is 0 Å². The third-order valence-corrected chi connectivity index (χ3v) is 4.97. The maximum absolute atomic E-state index is 12.5. The number of aryl methyl sites for hydroxylation is 1. The van der Waals surface area contributed by atoms with Gasteiger partial charge in [0, 0.05) is 56.1 Å². The molecular formula is C16H24N6O2S. The van der Waals surface area contributed by atoms with Crippen molar-refractivity contribution in [3.63, 3.8) is 0 Å². The topological polar surface area (TPSA) is 87.4 Å². The molecule has 25 heavy (non-hydrogen) atoms. The fourth-order valence-corrected chi connectivity index (χ4v) is 3.44. The Morgan fingerprint density at radius 3 is 2.88 bits per heavy atom. The molecular weight excluding hydrogens is 340 g/mol. The molecule has 8 nitrogen and oxygen atoms in total. The van der Waals surface area contributed by atoms with Crippen molar-refractivity contribution in [1.29, 1.82) is 0 Å². The van der Waals surface area contributed by atoms with Gasteiger partial charge in [0.05, 0.1) is 0 Å². The van der Waals surface area contributed by atoms with Gasteiger partial charge in [-0.25, -0.2) is 9.78 Å². The van der Waals surface area contributed by atoms with E-state index in [2.05, 4.69) is 31.7 Å². The summed E-state index contributed by atoms with van der Waals surface area (Å²) in [6, 6.07) is 1.64. The summed E-state index contributed by atoms with van der Waals surface area (Å²) in [5.74, 6) is 2.35. The highest BCUT2D eigenvalue weighted by Gasteiger charge is 2.22. The maximum atomic E-state index is 12.5. The van der Waals surface area contributed by atoms with Crippen molar-refractivity contribution < 1.29 is 9.32 Å². The summed E-state index contributed by atoms with van der Waals surface area (Å²) in [5, 5.41) is 7.67. The molecule has 2 aromatic heterocycles. The van der Waals surface area contributed by atoms with Crippen molar-refractivity contribution in [1.82, 2.24) is 19.4 Å². The summed E-state index contributed by atoms with van der Waals surface area (Å²) in [7, 11) is 0. The molecule has 0 aliphatic carbocycles. The minimum atomic E-state index is -0.142. The number of anilines is 2. The Hall–Kier alpha value is -2.16. The normalized spacial score (nSPS) is 15.5. The van der Waals surface area contributed by atoms with E-state index >= 15 is 0 Å². The molecule has 1 fully saturated rings. The Bertz CT molecular complexity index is 713. The molecule has 0 spiro atoms. The Morgan fingerprint density at radius 2 is 2.20 bits per heavy atom. The fraction of sp³-hybridized carbons (Fsp3) is 0.625. The maximum Gasteiger partial charge on any atom is 0.323 e. The lowest BCUT2D eigenvalue weighted by molar-refractivity contribution is 0.215. The number of rotatable bonds is 4. The predicted octanol–water partition coefficient (Wildman–Crippen LogP) is 2.96. The zero-order valence-corrected chi connectivity index (χ0v) is 15.7. The van der Waals surface area contributed by atoms with Gasteiger partial charge in [-0.1, -0.05) is 25.9 Å².